The molecule has 116 valence electrons. The number of hydrogen-bond donors (Lipinski definition) is 0. The lowest BCUT2D eigenvalue weighted by Crippen LogP contribution is -2.40. The number of rotatable bonds is 3. The van der Waals surface area contributed by atoms with Gasteiger partial charge in [0, 0.05) is 29.2 Å². The summed E-state index contributed by atoms with van der Waals surface area (Å²) >= 11 is 3.50. The summed E-state index contributed by atoms with van der Waals surface area (Å²) in [5.74, 6) is -0.138. The third-order valence-electron chi connectivity index (χ3n) is 4.22. The van der Waals surface area contributed by atoms with Gasteiger partial charge >= 0.3 is 0 Å². The Labute approximate surface area is 139 Å². The number of ether oxygens (including phenoxy) is 1. The van der Waals surface area contributed by atoms with Crippen LogP contribution in [0.15, 0.2) is 53.0 Å². The molecule has 3 rings (SSSR count). The summed E-state index contributed by atoms with van der Waals surface area (Å²) in [5.41, 5.74) is 1.90. The summed E-state index contributed by atoms with van der Waals surface area (Å²) in [7, 11) is 0. The fourth-order valence-electron chi connectivity index (χ4n) is 2.94. The van der Waals surface area contributed by atoms with Gasteiger partial charge in [-0.15, -0.1) is 0 Å². The summed E-state index contributed by atoms with van der Waals surface area (Å²) in [6.45, 7) is 4.31. The van der Waals surface area contributed by atoms with E-state index < -0.39 is 0 Å². The van der Waals surface area contributed by atoms with E-state index in [0.717, 1.165) is 28.7 Å². The number of nitrogens with zero attached hydrogens (tertiary/aromatic N) is 1. The highest BCUT2D eigenvalue weighted by atomic mass is 79.9. The Morgan fingerprint density at radius 2 is 2.05 bits per heavy atom. The maximum Gasteiger partial charge on any atom is 0.127 e. The molecule has 0 radical (unpaired) electrons. The molecular formula is C18H19BrFNO. The zero-order chi connectivity index (χ0) is 15.5. The number of morpholine rings is 1. The van der Waals surface area contributed by atoms with Gasteiger partial charge in [-0.2, -0.15) is 0 Å². The van der Waals surface area contributed by atoms with Crippen molar-refractivity contribution >= 4 is 15.9 Å². The molecule has 0 amide bonds. The molecule has 2 nitrogen and oxygen atoms in total. The van der Waals surface area contributed by atoms with E-state index in [2.05, 4.69) is 39.9 Å². The lowest BCUT2D eigenvalue weighted by molar-refractivity contribution is -0.0435. The number of halogens is 2. The average Bonchev–Trinajstić information content (AvgIpc) is 2.55. The van der Waals surface area contributed by atoms with E-state index in [1.165, 1.54) is 6.07 Å². The van der Waals surface area contributed by atoms with Gasteiger partial charge < -0.3 is 4.74 Å². The van der Waals surface area contributed by atoms with Crippen molar-refractivity contribution in [2.24, 2.45) is 0 Å². The maximum absolute atomic E-state index is 14.0. The Bertz CT molecular complexity index is 648. The second-order valence-electron chi connectivity index (χ2n) is 5.61. The second kappa shape index (κ2) is 6.90. The smallest absolute Gasteiger partial charge is 0.127 e. The fourth-order valence-corrected chi connectivity index (χ4v) is 3.36. The van der Waals surface area contributed by atoms with Crippen molar-refractivity contribution in [3.8, 4) is 0 Å². The Hall–Kier alpha value is -1.23. The van der Waals surface area contributed by atoms with Crippen molar-refractivity contribution < 1.29 is 9.13 Å². The molecule has 1 saturated heterocycles. The minimum atomic E-state index is -0.138. The molecule has 2 aromatic carbocycles. The van der Waals surface area contributed by atoms with Crippen molar-refractivity contribution in [1.29, 1.82) is 0 Å². The Balaban J connectivity index is 1.77. The van der Waals surface area contributed by atoms with Gasteiger partial charge in [0.15, 0.2) is 0 Å². The molecule has 2 aromatic rings. The van der Waals surface area contributed by atoms with Crippen molar-refractivity contribution in [3.05, 3.63) is 69.9 Å². The van der Waals surface area contributed by atoms with E-state index in [1.807, 2.05) is 24.3 Å². The molecule has 0 aliphatic carbocycles. The van der Waals surface area contributed by atoms with Crippen molar-refractivity contribution in [1.82, 2.24) is 4.90 Å². The first-order valence-corrected chi connectivity index (χ1v) is 8.30. The van der Waals surface area contributed by atoms with Crippen LogP contribution in [0.3, 0.4) is 0 Å². The summed E-state index contributed by atoms with van der Waals surface area (Å²) in [6, 6.07) is 15.2. The maximum atomic E-state index is 14.0. The molecule has 0 aromatic heterocycles. The fraction of sp³-hybridized carbons (Fsp3) is 0.333. The van der Waals surface area contributed by atoms with Crippen LogP contribution >= 0.6 is 15.9 Å². The van der Waals surface area contributed by atoms with Crippen LogP contribution < -0.4 is 0 Å². The standard InChI is InChI=1S/C18H19BrFNO/c1-13(16-7-2-3-8-17(16)20)21-9-10-22-18(12-21)14-5-4-6-15(19)11-14/h2-8,11,13,18H,9-10,12H2,1H3. The van der Waals surface area contributed by atoms with Gasteiger partial charge in [0.05, 0.1) is 12.7 Å². The molecule has 1 fully saturated rings. The van der Waals surface area contributed by atoms with Crippen LogP contribution in [-0.4, -0.2) is 24.6 Å². The molecule has 0 N–H and O–H groups in total. The van der Waals surface area contributed by atoms with Gasteiger partial charge in [-0.25, -0.2) is 4.39 Å². The van der Waals surface area contributed by atoms with E-state index >= 15 is 0 Å². The first-order valence-electron chi connectivity index (χ1n) is 7.50. The SMILES string of the molecule is CC(c1ccccc1F)N1CCOC(c2cccc(Br)c2)C1. The zero-order valence-electron chi connectivity index (χ0n) is 12.5. The predicted octanol–water partition coefficient (Wildman–Crippen LogP) is 4.72. The van der Waals surface area contributed by atoms with Crippen LogP contribution in [0.5, 0.6) is 0 Å². The lowest BCUT2D eigenvalue weighted by atomic mass is 10.0. The zero-order valence-corrected chi connectivity index (χ0v) is 14.1. The van der Waals surface area contributed by atoms with Gasteiger partial charge in [-0.05, 0) is 30.7 Å². The normalized spacial score (nSPS) is 20.8. The molecular weight excluding hydrogens is 345 g/mol. The van der Waals surface area contributed by atoms with Crippen LogP contribution in [0.1, 0.15) is 30.2 Å². The van der Waals surface area contributed by atoms with E-state index in [9.17, 15) is 4.39 Å². The van der Waals surface area contributed by atoms with Crippen LogP contribution in [0.4, 0.5) is 4.39 Å². The van der Waals surface area contributed by atoms with Crippen molar-refractivity contribution in [3.63, 3.8) is 0 Å². The number of benzene rings is 2. The predicted molar refractivity (Wildman–Crippen MR) is 89.2 cm³/mol. The highest BCUT2D eigenvalue weighted by Crippen LogP contribution is 2.30. The minimum absolute atomic E-state index is 0.0282. The first-order chi connectivity index (χ1) is 10.6. The van der Waals surface area contributed by atoms with E-state index in [1.54, 1.807) is 6.07 Å². The van der Waals surface area contributed by atoms with E-state index in [4.69, 9.17) is 4.74 Å². The van der Waals surface area contributed by atoms with Gasteiger partial charge in [0.1, 0.15) is 5.82 Å². The highest BCUT2D eigenvalue weighted by Gasteiger charge is 2.27. The average molecular weight is 364 g/mol. The van der Waals surface area contributed by atoms with Crippen LogP contribution in [0.2, 0.25) is 0 Å². The molecule has 0 spiro atoms. The second-order valence-corrected chi connectivity index (χ2v) is 6.52. The topological polar surface area (TPSA) is 12.5 Å². The van der Waals surface area contributed by atoms with Gasteiger partial charge in [-0.1, -0.05) is 46.3 Å². The third-order valence-corrected chi connectivity index (χ3v) is 4.71. The largest absolute Gasteiger partial charge is 0.371 e. The summed E-state index contributed by atoms with van der Waals surface area (Å²) in [6.07, 6.45) is 0.0282. The molecule has 1 aliphatic heterocycles. The quantitative estimate of drug-likeness (QED) is 0.781. The minimum Gasteiger partial charge on any atom is -0.371 e. The van der Waals surface area contributed by atoms with Crippen molar-refractivity contribution in [2.75, 3.05) is 19.7 Å². The number of hydrogen-bond acceptors (Lipinski definition) is 2. The van der Waals surface area contributed by atoms with E-state index in [-0.39, 0.29) is 18.0 Å². The van der Waals surface area contributed by atoms with Crippen LogP contribution in [0.25, 0.3) is 0 Å². The monoisotopic (exact) mass is 363 g/mol. The summed E-state index contributed by atoms with van der Waals surface area (Å²) < 4.78 is 21.0. The Morgan fingerprint density at radius 3 is 2.82 bits per heavy atom. The molecule has 0 saturated carbocycles. The molecule has 2 unspecified atom stereocenters. The summed E-state index contributed by atoms with van der Waals surface area (Å²) in [4.78, 5) is 2.29. The molecule has 2 atom stereocenters. The first kappa shape index (κ1) is 15.7. The summed E-state index contributed by atoms with van der Waals surface area (Å²) in [5, 5.41) is 0. The Morgan fingerprint density at radius 1 is 1.23 bits per heavy atom. The molecule has 0 bridgehead atoms. The van der Waals surface area contributed by atoms with E-state index in [0.29, 0.717) is 6.61 Å². The molecule has 1 heterocycles. The van der Waals surface area contributed by atoms with Gasteiger partial charge in [0.2, 0.25) is 0 Å². The Kier molecular flexibility index (Phi) is 4.91. The van der Waals surface area contributed by atoms with Crippen LogP contribution in [-0.2, 0) is 4.74 Å². The molecule has 4 heteroatoms. The molecule has 1 aliphatic rings. The van der Waals surface area contributed by atoms with Gasteiger partial charge in [-0.3, -0.25) is 4.90 Å². The lowest BCUT2D eigenvalue weighted by Gasteiger charge is -2.37. The third kappa shape index (κ3) is 3.40. The van der Waals surface area contributed by atoms with Gasteiger partial charge in [0.25, 0.3) is 0 Å². The van der Waals surface area contributed by atoms with Crippen molar-refractivity contribution in [2.45, 2.75) is 19.1 Å². The molecule has 22 heavy (non-hydrogen) atoms. The highest BCUT2D eigenvalue weighted by molar-refractivity contribution is 9.10. The van der Waals surface area contributed by atoms with Crippen LogP contribution in [0, 0.1) is 5.82 Å².